The molecule has 1 N–H and O–H groups in total. The molecule has 0 fully saturated rings. The molecule has 3 nitrogen and oxygen atoms in total. The summed E-state index contributed by atoms with van der Waals surface area (Å²) in [6, 6.07) is 7.39. The molecule has 2 aromatic carbocycles. The van der Waals surface area contributed by atoms with E-state index in [9.17, 15) is 17.2 Å². The van der Waals surface area contributed by atoms with Gasteiger partial charge in [-0.1, -0.05) is 12.1 Å². The van der Waals surface area contributed by atoms with Gasteiger partial charge in [0.05, 0.1) is 5.69 Å². The summed E-state index contributed by atoms with van der Waals surface area (Å²) >= 11 is 0. The lowest BCUT2D eigenvalue weighted by molar-refractivity contribution is 0.555. The van der Waals surface area contributed by atoms with Gasteiger partial charge in [-0.05, 0) is 49.2 Å². The monoisotopic (exact) mass is 297 g/mol. The van der Waals surface area contributed by atoms with Crippen LogP contribution in [0.15, 0.2) is 41.3 Å². The highest BCUT2D eigenvalue weighted by molar-refractivity contribution is 7.92. The molecule has 0 heterocycles. The van der Waals surface area contributed by atoms with E-state index >= 15 is 0 Å². The Morgan fingerprint density at radius 2 is 1.75 bits per heavy atom. The van der Waals surface area contributed by atoms with Gasteiger partial charge in [0.2, 0.25) is 0 Å². The molecule has 2 rings (SSSR count). The zero-order chi connectivity index (χ0) is 14.9. The molecule has 0 aliphatic heterocycles. The maximum absolute atomic E-state index is 13.6. The highest BCUT2D eigenvalue weighted by Crippen LogP contribution is 2.23. The molecule has 0 spiro atoms. The Labute approximate surface area is 116 Å². The van der Waals surface area contributed by atoms with Crippen molar-refractivity contribution in [3.05, 3.63) is 59.2 Å². The second kappa shape index (κ2) is 5.20. The van der Waals surface area contributed by atoms with Crippen molar-refractivity contribution in [2.75, 3.05) is 4.72 Å². The quantitative estimate of drug-likeness (QED) is 0.944. The van der Waals surface area contributed by atoms with Crippen LogP contribution in [0.25, 0.3) is 0 Å². The van der Waals surface area contributed by atoms with Gasteiger partial charge in [0.25, 0.3) is 10.0 Å². The zero-order valence-electron chi connectivity index (χ0n) is 10.9. The lowest BCUT2D eigenvalue weighted by Crippen LogP contribution is -2.15. The van der Waals surface area contributed by atoms with Crippen LogP contribution in [-0.4, -0.2) is 8.42 Å². The van der Waals surface area contributed by atoms with E-state index in [0.29, 0.717) is 11.8 Å². The van der Waals surface area contributed by atoms with Crippen LogP contribution in [0.2, 0.25) is 0 Å². The maximum Gasteiger partial charge on any atom is 0.264 e. The summed E-state index contributed by atoms with van der Waals surface area (Å²) in [7, 11) is -4.17. The summed E-state index contributed by atoms with van der Waals surface area (Å²) < 4.78 is 53.2. The largest absolute Gasteiger partial charge is 0.279 e. The topological polar surface area (TPSA) is 46.2 Å². The Hall–Kier alpha value is -1.95. The molecule has 106 valence electrons. The third kappa shape index (κ3) is 2.80. The van der Waals surface area contributed by atoms with E-state index in [1.54, 1.807) is 19.1 Å². The number of nitrogens with one attached hydrogen (secondary N) is 1. The predicted octanol–water partition coefficient (Wildman–Crippen LogP) is 3.38. The number of benzene rings is 2. The summed E-state index contributed by atoms with van der Waals surface area (Å²) in [5.41, 5.74) is 1.96. The molecule has 0 amide bonds. The van der Waals surface area contributed by atoms with Crippen molar-refractivity contribution < 1.29 is 17.2 Å². The normalized spacial score (nSPS) is 11.4. The third-order valence-electron chi connectivity index (χ3n) is 3.03. The van der Waals surface area contributed by atoms with Gasteiger partial charge in [0.15, 0.2) is 0 Å². The first-order valence-electron chi connectivity index (χ1n) is 5.85. The Morgan fingerprint density at radius 1 is 1.05 bits per heavy atom. The van der Waals surface area contributed by atoms with Crippen LogP contribution < -0.4 is 4.72 Å². The summed E-state index contributed by atoms with van der Waals surface area (Å²) in [6.45, 7) is 3.57. The van der Waals surface area contributed by atoms with Crippen LogP contribution in [0, 0.1) is 25.5 Å². The lowest BCUT2D eigenvalue weighted by Gasteiger charge is -2.12. The van der Waals surface area contributed by atoms with Crippen LogP contribution in [0.5, 0.6) is 0 Å². The first-order chi connectivity index (χ1) is 9.31. The molecule has 0 saturated carbocycles. The fraction of sp³-hybridized carbons (Fsp3) is 0.143. The minimum Gasteiger partial charge on any atom is -0.279 e. The molecule has 20 heavy (non-hydrogen) atoms. The highest BCUT2D eigenvalue weighted by atomic mass is 32.2. The Bertz CT molecular complexity index is 758. The van der Waals surface area contributed by atoms with Gasteiger partial charge in [-0.2, -0.15) is 0 Å². The molecule has 0 atom stereocenters. The Morgan fingerprint density at radius 3 is 2.45 bits per heavy atom. The standard InChI is InChI=1S/C14H13F2NO2S/c1-9-4-3-5-13(10(9)2)17-20(18,19)14-8-11(15)6-7-12(14)16/h3-8,17H,1-2H3. The van der Waals surface area contributed by atoms with Gasteiger partial charge in [0.1, 0.15) is 16.5 Å². The maximum atomic E-state index is 13.6. The van der Waals surface area contributed by atoms with E-state index in [2.05, 4.69) is 4.72 Å². The highest BCUT2D eigenvalue weighted by Gasteiger charge is 2.20. The number of hydrogen-bond acceptors (Lipinski definition) is 2. The number of sulfonamides is 1. The van der Waals surface area contributed by atoms with Crippen molar-refractivity contribution >= 4 is 15.7 Å². The van der Waals surface area contributed by atoms with Crippen LogP contribution in [0.4, 0.5) is 14.5 Å². The van der Waals surface area contributed by atoms with Crippen LogP contribution in [0.1, 0.15) is 11.1 Å². The molecule has 0 radical (unpaired) electrons. The zero-order valence-corrected chi connectivity index (χ0v) is 11.8. The van der Waals surface area contributed by atoms with Crippen molar-refractivity contribution in [3.63, 3.8) is 0 Å². The first-order valence-corrected chi connectivity index (χ1v) is 7.33. The van der Waals surface area contributed by atoms with Crippen LogP contribution >= 0.6 is 0 Å². The van der Waals surface area contributed by atoms with Crippen molar-refractivity contribution in [1.82, 2.24) is 0 Å². The van der Waals surface area contributed by atoms with E-state index in [1.807, 2.05) is 13.0 Å². The van der Waals surface area contributed by atoms with Crippen LogP contribution in [-0.2, 0) is 10.0 Å². The van der Waals surface area contributed by atoms with E-state index in [1.165, 1.54) is 0 Å². The molecule has 0 saturated heterocycles. The minimum atomic E-state index is -4.17. The number of halogens is 2. The van der Waals surface area contributed by atoms with E-state index < -0.39 is 26.6 Å². The average Bonchev–Trinajstić information content (AvgIpc) is 2.37. The second-order valence-corrected chi connectivity index (χ2v) is 6.08. The number of hydrogen-bond donors (Lipinski definition) is 1. The fourth-order valence-corrected chi connectivity index (χ4v) is 2.96. The summed E-state index contributed by atoms with van der Waals surface area (Å²) in [5, 5.41) is 0. The fourth-order valence-electron chi connectivity index (χ4n) is 1.74. The van der Waals surface area contributed by atoms with Gasteiger partial charge in [0, 0.05) is 0 Å². The van der Waals surface area contributed by atoms with Gasteiger partial charge >= 0.3 is 0 Å². The number of aryl methyl sites for hydroxylation is 1. The molecular formula is C14H13F2NO2S. The third-order valence-corrected chi connectivity index (χ3v) is 4.41. The Balaban J connectivity index is 2.46. The van der Waals surface area contributed by atoms with Crippen LogP contribution in [0.3, 0.4) is 0 Å². The van der Waals surface area contributed by atoms with Crippen molar-refractivity contribution in [2.24, 2.45) is 0 Å². The average molecular weight is 297 g/mol. The molecule has 0 aliphatic rings. The van der Waals surface area contributed by atoms with E-state index in [4.69, 9.17) is 0 Å². The SMILES string of the molecule is Cc1cccc(NS(=O)(=O)c2cc(F)ccc2F)c1C. The van der Waals surface area contributed by atoms with Gasteiger partial charge in [-0.25, -0.2) is 17.2 Å². The molecule has 0 aromatic heterocycles. The first kappa shape index (κ1) is 14.5. The van der Waals surface area contributed by atoms with Gasteiger partial charge < -0.3 is 0 Å². The van der Waals surface area contributed by atoms with Crippen molar-refractivity contribution in [2.45, 2.75) is 18.7 Å². The molecule has 0 unspecified atom stereocenters. The Kier molecular flexibility index (Phi) is 3.76. The van der Waals surface area contributed by atoms with Gasteiger partial charge in [-0.3, -0.25) is 4.72 Å². The van der Waals surface area contributed by atoms with Crippen molar-refractivity contribution in [1.29, 1.82) is 0 Å². The summed E-state index contributed by atoms with van der Waals surface area (Å²) in [4.78, 5) is -0.710. The lowest BCUT2D eigenvalue weighted by atomic mass is 10.1. The smallest absolute Gasteiger partial charge is 0.264 e. The minimum absolute atomic E-state index is 0.341. The predicted molar refractivity (Wildman–Crippen MR) is 73.1 cm³/mol. The number of anilines is 1. The molecule has 0 bridgehead atoms. The van der Waals surface area contributed by atoms with Crippen molar-refractivity contribution in [3.8, 4) is 0 Å². The van der Waals surface area contributed by atoms with E-state index in [-0.39, 0.29) is 0 Å². The molecule has 0 aliphatic carbocycles. The molecular weight excluding hydrogens is 284 g/mol. The molecule has 6 heteroatoms. The van der Waals surface area contributed by atoms with Gasteiger partial charge in [-0.15, -0.1) is 0 Å². The number of rotatable bonds is 3. The molecule has 2 aromatic rings. The second-order valence-electron chi connectivity index (χ2n) is 4.43. The summed E-state index contributed by atoms with van der Waals surface area (Å²) in [6.07, 6.45) is 0. The van der Waals surface area contributed by atoms with E-state index in [0.717, 1.165) is 23.3 Å². The summed E-state index contributed by atoms with van der Waals surface area (Å²) in [5.74, 6) is -1.81.